The van der Waals surface area contributed by atoms with Crippen LogP contribution >= 0.6 is 0 Å². The molecule has 0 spiro atoms. The second kappa shape index (κ2) is 4.45. The van der Waals surface area contributed by atoms with Gasteiger partial charge < -0.3 is 0 Å². The van der Waals surface area contributed by atoms with Crippen LogP contribution in [0.25, 0.3) is 10.9 Å². The highest BCUT2D eigenvalue weighted by atomic mass is 32.2. The Bertz CT molecular complexity index is 881. The van der Waals surface area contributed by atoms with Gasteiger partial charge >= 0.3 is 0 Å². The van der Waals surface area contributed by atoms with Crippen molar-refractivity contribution in [1.29, 1.82) is 0 Å². The summed E-state index contributed by atoms with van der Waals surface area (Å²) in [6.45, 7) is 3.64. The van der Waals surface area contributed by atoms with Gasteiger partial charge in [0.25, 0.3) is 10.0 Å². The van der Waals surface area contributed by atoms with Crippen LogP contribution in [0, 0.1) is 13.8 Å². The Morgan fingerprint density at radius 1 is 1.05 bits per heavy atom. The molecule has 0 N–H and O–H groups in total. The van der Waals surface area contributed by atoms with Crippen molar-refractivity contribution in [3.8, 4) is 0 Å². The van der Waals surface area contributed by atoms with Gasteiger partial charge in [0.15, 0.2) is 0 Å². The zero-order valence-corrected chi connectivity index (χ0v) is 12.1. The number of hydrogen-bond donors (Lipinski definition) is 0. The van der Waals surface area contributed by atoms with Gasteiger partial charge in [-0.3, -0.25) is 4.98 Å². The third-order valence-electron chi connectivity index (χ3n) is 3.23. The number of hydrogen-bond acceptors (Lipinski definition) is 3. The topological polar surface area (TPSA) is 52.0 Å². The molecule has 0 atom stereocenters. The summed E-state index contributed by atoms with van der Waals surface area (Å²) in [4.78, 5) is 4.50. The van der Waals surface area contributed by atoms with Crippen LogP contribution in [0.2, 0.25) is 0 Å². The van der Waals surface area contributed by atoms with Crippen LogP contribution < -0.4 is 0 Å². The van der Waals surface area contributed by atoms with E-state index in [1.165, 1.54) is 3.97 Å². The Morgan fingerprint density at radius 2 is 1.75 bits per heavy atom. The molecule has 0 amide bonds. The summed E-state index contributed by atoms with van der Waals surface area (Å²) in [5.41, 5.74) is 2.13. The fraction of sp³-hybridized carbons (Fsp3) is 0.133. The Kier molecular flexibility index (Phi) is 2.87. The Balaban J connectivity index is 2.35. The van der Waals surface area contributed by atoms with Crippen molar-refractivity contribution >= 4 is 20.9 Å². The average Bonchev–Trinajstić information content (AvgIpc) is 2.75. The van der Waals surface area contributed by atoms with E-state index in [1.54, 1.807) is 49.5 Å². The molecule has 4 nitrogen and oxygen atoms in total. The highest BCUT2D eigenvalue weighted by Gasteiger charge is 2.21. The van der Waals surface area contributed by atoms with Crippen molar-refractivity contribution in [3.05, 3.63) is 60.0 Å². The Morgan fingerprint density at radius 3 is 2.45 bits per heavy atom. The van der Waals surface area contributed by atoms with E-state index in [-0.39, 0.29) is 4.90 Å². The molecule has 0 aliphatic rings. The summed E-state index contributed by atoms with van der Waals surface area (Å²) in [5, 5.41) is 0.826. The van der Waals surface area contributed by atoms with E-state index in [4.69, 9.17) is 0 Å². The normalized spacial score (nSPS) is 11.9. The molecule has 0 saturated carbocycles. The molecule has 20 heavy (non-hydrogen) atoms. The van der Waals surface area contributed by atoms with Crippen LogP contribution in [0.1, 0.15) is 11.4 Å². The maximum atomic E-state index is 12.8. The lowest BCUT2D eigenvalue weighted by Gasteiger charge is -2.10. The Hall–Kier alpha value is -2.14. The fourth-order valence-electron chi connectivity index (χ4n) is 2.33. The van der Waals surface area contributed by atoms with Gasteiger partial charge in [-0.25, -0.2) is 12.4 Å². The molecule has 3 aromatic rings. The lowest BCUT2D eigenvalue weighted by molar-refractivity contribution is 0.588. The number of rotatable bonds is 2. The molecule has 0 fully saturated rings. The predicted octanol–water partition coefficient (Wildman–Crippen LogP) is 2.89. The summed E-state index contributed by atoms with van der Waals surface area (Å²) in [7, 11) is -3.58. The first-order valence-corrected chi connectivity index (χ1v) is 7.69. The molecule has 0 radical (unpaired) electrons. The average molecular weight is 286 g/mol. The number of nitrogens with zero attached hydrogens (tertiary/aromatic N) is 2. The van der Waals surface area contributed by atoms with Crippen LogP contribution in [-0.2, 0) is 10.0 Å². The van der Waals surface area contributed by atoms with Gasteiger partial charge in [0.2, 0.25) is 0 Å². The quantitative estimate of drug-likeness (QED) is 0.728. The van der Waals surface area contributed by atoms with Gasteiger partial charge in [-0.15, -0.1) is 0 Å². The SMILES string of the molecule is Cc1cc2c(cn1)cc(C)n2S(=O)(=O)c1ccccc1. The number of fused-ring (bicyclic) bond motifs is 1. The minimum absolute atomic E-state index is 0.287. The molecule has 0 bridgehead atoms. The lowest BCUT2D eigenvalue weighted by atomic mass is 10.3. The van der Waals surface area contributed by atoms with Gasteiger partial charge in [0.1, 0.15) is 0 Å². The summed E-state index contributed by atoms with van der Waals surface area (Å²) in [6, 6.07) is 12.1. The number of pyridine rings is 1. The highest BCUT2D eigenvalue weighted by Crippen LogP contribution is 2.25. The fourth-order valence-corrected chi connectivity index (χ4v) is 3.89. The van der Waals surface area contributed by atoms with E-state index in [0.29, 0.717) is 11.2 Å². The maximum absolute atomic E-state index is 12.8. The standard InChI is InChI=1S/C15H14N2O2S/c1-11-8-15-13(10-16-11)9-12(2)17(15)20(18,19)14-6-4-3-5-7-14/h3-10H,1-2H3. The molecular weight excluding hydrogens is 272 g/mol. The smallest absolute Gasteiger partial charge is 0.261 e. The lowest BCUT2D eigenvalue weighted by Crippen LogP contribution is -2.14. The summed E-state index contributed by atoms with van der Waals surface area (Å²) < 4.78 is 26.9. The van der Waals surface area contributed by atoms with E-state index in [1.807, 2.05) is 13.0 Å². The molecule has 0 saturated heterocycles. The monoisotopic (exact) mass is 286 g/mol. The van der Waals surface area contributed by atoms with Crippen LogP contribution in [0.15, 0.2) is 53.6 Å². The van der Waals surface area contributed by atoms with Crippen molar-refractivity contribution in [2.24, 2.45) is 0 Å². The van der Waals surface area contributed by atoms with E-state index in [0.717, 1.165) is 11.1 Å². The predicted molar refractivity (Wildman–Crippen MR) is 78.2 cm³/mol. The van der Waals surface area contributed by atoms with Crippen molar-refractivity contribution in [3.63, 3.8) is 0 Å². The van der Waals surface area contributed by atoms with Crippen LogP contribution in [0.3, 0.4) is 0 Å². The van der Waals surface area contributed by atoms with Crippen LogP contribution in [-0.4, -0.2) is 17.4 Å². The molecular formula is C15H14N2O2S. The second-order valence-electron chi connectivity index (χ2n) is 4.75. The number of benzene rings is 1. The van der Waals surface area contributed by atoms with Crippen molar-refractivity contribution in [2.75, 3.05) is 0 Å². The molecule has 102 valence electrons. The van der Waals surface area contributed by atoms with E-state index in [9.17, 15) is 8.42 Å². The molecule has 0 unspecified atom stereocenters. The zero-order valence-electron chi connectivity index (χ0n) is 11.2. The zero-order chi connectivity index (χ0) is 14.3. The third-order valence-corrected chi connectivity index (χ3v) is 5.07. The molecule has 1 aromatic carbocycles. The van der Waals surface area contributed by atoms with Gasteiger partial charge in [-0.05, 0) is 38.1 Å². The van der Waals surface area contributed by atoms with Crippen LogP contribution in [0.4, 0.5) is 0 Å². The van der Waals surface area contributed by atoms with Gasteiger partial charge in [-0.1, -0.05) is 18.2 Å². The van der Waals surface area contributed by atoms with Gasteiger partial charge in [-0.2, -0.15) is 0 Å². The van der Waals surface area contributed by atoms with E-state index in [2.05, 4.69) is 4.98 Å². The first-order chi connectivity index (χ1) is 9.50. The van der Waals surface area contributed by atoms with E-state index >= 15 is 0 Å². The minimum atomic E-state index is -3.58. The number of aromatic nitrogens is 2. The van der Waals surface area contributed by atoms with E-state index < -0.39 is 10.0 Å². The van der Waals surface area contributed by atoms with Crippen LogP contribution in [0.5, 0.6) is 0 Å². The second-order valence-corrected chi connectivity index (χ2v) is 6.54. The first-order valence-electron chi connectivity index (χ1n) is 6.25. The van der Waals surface area contributed by atoms with Crippen molar-refractivity contribution in [1.82, 2.24) is 8.96 Å². The molecule has 0 aliphatic carbocycles. The van der Waals surface area contributed by atoms with Crippen molar-refractivity contribution in [2.45, 2.75) is 18.7 Å². The third kappa shape index (κ3) is 1.91. The minimum Gasteiger partial charge on any atom is -0.261 e. The largest absolute Gasteiger partial charge is 0.268 e. The van der Waals surface area contributed by atoms with Gasteiger partial charge in [0, 0.05) is 23.0 Å². The summed E-state index contributed by atoms with van der Waals surface area (Å²) in [6.07, 6.45) is 1.70. The summed E-state index contributed by atoms with van der Waals surface area (Å²) >= 11 is 0. The van der Waals surface area contributed by atoms with Gasteiger partial charge in [0.05, 0.1) is 10.4 Å². The Labute approximate surface area is 117 Å². The number of aryl methyl sites for hydroxylation is 2. The molecule has 3 rings (SSSR count). The molecule has 2 heterocycles. The first kappa shape index (κ1) is 12.9. The molecule has 2 aromatic heterocycles. The molecule has 0 aliphatic heterocycles. The molecule has 5 heteroatoms. The maximum Gasteiger partial charge on any atom is 0.268 e. The van der Waals surface area contributed by atoms with Crippen molar-refractivity contribution < 1.29 is 8.42 Å². The highest BCUT2D eigenvalue weighted by molar-refractivity contribution is 7.90. The summed E-state index contributed by atoms with van der Waals surface area (Å²) in [5.74, 6) is 0.